The molecular weight excluding hydrogens is 308 g/mol. The molecule has 2 nitrogen and oxygen atoms in total. The van der Waals surface area contributed by atoms with Gasteiger partial charge in [-0.15, -0.1) is 11.3 Å². The number of fused-ring (bicyclic) bond motifs is 1. The van der Waals surface area contributed by atoms with Crippen molar-refractivity contribution in [2.24, 2.45) is 0 Å². The van der Waals surface area contributed by atoms with Crippen molar-refractivity contribution in [1.29, 1.82) is 0 Å². The van der Waals surface area contributed by atoms with Crippen LogP contribution in [0.2, 0.25) is 0 Å². The molecule has 1 saturated carbocycles. The van der Waals surface area contributed by atoms with Crippen molar-refractivity contribution in [2.75, 3.05) is 11.9 Å². The van der Waals surface area contributed by atoms with E-state index in [0.29, 0.717) is 0 Å². The van der Waals surface area contributed by atoms with Crippen molar-refractivity contribution >= 4 is 37.5 Å². The van der Waals surface area contributed by atoms with Crippen LogP contribution in [0.15, 0.2) is 24.3 Å². The predicted molar refractivity (Wildman–Crippen MR) is 81.5 cm³/mol. The average Bonchev–Trinajstić information content (AvgIpc) is 2.69. The maximum absolute atomic E-state index is 4.74. The van der Waals surface area contributed by atoms with E-state index in [1.54, 1.807) is 0 Å². The molecule has 0 N–H and O–H groups in total. The van der Waals surface area contributed by atoms with E-state index in [1.807, 2.05) is 11.3 Å². The first-order valence-corrected chi connectivity index (χ1v) is 8.45. The van der Waals surface area contributed by atoms with Crippen LogP contribution in [0.4, 0.5) is 0 Å². The van der Waals surface area contributed by atoms with Gasteiger partial charge >= 0.3 is 0 Å². The average molecular weight is 325 g/mol. The molecule has 18 heavy (non-hydrogen) atoms. The second-order valence-electron chi connectivity index (χ2n) is 4.82. The lowest BCUT2D eigenvalue weighted by Gasteiger charge is -2.36. The van der Waals surface area contributed by atoms with Gasteiger partial charge in [0.05, 0.1) is 16.8 Å². The molecular formula is C14H17BrN2S. The molecule has 1 heterocycles. The summed E-state index contributed by atoms with van der Waals surface area (Å²) in [7, 11) is 0. The summed E-state index contributed by atoms with van der Waals surface area (Å²) in [5.74, 6) is 0. The molecule has 1 fully saturated rings. The van der Waals surface area contributed by atoms with Crippen LogP contribution in [-0.4, -0.2) is 27.8 Å². The molecule has 0 radical (unpaired) electrons. The van der Waals surface area contributed by atoms with Crippen molar-refractivity contribution in [3.05, 3.63) is 29.3 Å². The van der Waals surface area contributed by atoms with Crippen LogP contribution in [0.1, 0.15) is 24.3 Å². The Morgan fingerprint density at radius 3 is 2.83 bits per heavy atom. The van der Waals surface area contributed by atoms with Crippen LogP contribution in [-0.2, 0) is 6.54 Å². The fourth-order valence-corrected chi connectivity index (χ4v) is 3.86. The van der Waals surface area contributed by atoms with E-state index >= 15 is 0 Å². The topological polar surface area (TPSA) is 16.1 Å². The van der Waals surface area contributed by atoms with Crippen molar-refractivity contribution in [1.82, 2.24) is 9.88 Å². The summed E-state index contributed by atoms with van der Waals surface area (Å²) in [5, 5.41) is 2.30. The number of rotatable bonds is 5. The summed E-state index contributed by atoms with van der Waals surface area (Å²) in [6, 6.07) is 9.21. The number of hydrogen-bond donors (Lipinski definition) is 0. The summed E-state index contributed by atoms with van der Waals surface area (Å²) in [6.45, 7) is 2.14. The Morgan fingerprint density at radius 1 is 1.33 bits per heavy atom. The standard InChI is InChI=1S/C14H17BrN2S/c15-8-9-17(11-4-3-5-11)10-14-16-12-6-1-2-7-13(12)18-14/h1-2,6-7,11H,3-5,8-10H2. The van der Waals surface area contributed by atoms with Crippen LogP contribution in [0, 0.1) is 0 Å². The number of para-hydroxylation sites is 1. The first-order valence-electron chi connectivity index (χ1n) is 6.51. The molecule has 0 amide bonds. The second-order valence-corrected chi connectivity index (χ2v) is 6.73. The van der Waals surface area contributed by atoms with Crippen LogP contribution in [0.5, 0.6) is 0 Å². The number of benzene rings is 1. The minimum Gasteiger partial charge on any atom is -0.293 e. The first kappa shape index (κ1) is 12.6. The Morgan fingerprint density at radius 2 is 2.17 bits per heavy atom. The van der Waals surface area contributed by atoms with Crippen LogP contribution >= 0.6 is 27.3 Å². The van der Waals surface area contributed by atoms with Gasteiger partial charge < -0.3 is 0 Å². The van der Waals surface area contributed by atoms with E-state index in [2.05, 4.69) is 45.1 Å². The van der Waals surface area contributed by atoms with E-state index in [4.69, 9.17) is 4.98 Å². The molecule has 96 valence electrons. The summed E-state index contributed by atoms with van der Waals surface area (Å²) in [4.78, 5) is 7.32. The Balaban J connectivity index is 1.76. The minimum atomic E-state index is 0.787. The number of nitrogens with zero attached hydrogens (tertiary/aromatic N) is 2. The van der Waals surface area contributed by atoms with Crippen molar-refractivity contribution < 1.29 is 0 Å². The molecule has 3 rings (SSSR count). The zero-order chi connectivity index (χ0) is 12.4. The molecule has 0 bridgehead atoms. The fourth-order valence-electron chi connectivity index (χ4n) is 2.41. The molecule has 0 aliphatic heterocycles. The van der Waals surface area contributed by atoms with Gasteiger partial charge in [0.15, 0.2) is 0 Å². The normalized spacial score (nSPS) is 16.3. The Bertz CT molecular complexity index is 488. The highest BCUT2D eigenvalue weighted by Gasteiger charge is 2.25. The number of hydrogen-bond acceptors (Lipinski definition) is 3. The fraction of sp³-hybridized carbons (Fsp3) is 0.500. The maximum atomic E-state index is 4.74. The van der Waals surface area contributed by atoms with Gasteiger partial charge in [0, 0.05) is 17.9 Å². The zero-order valence-corrected chi connectivity index (χ0v) is 12.7. The van der Waals surface area contributed by atoms with E-state index < -0.39 is 0 Å². The monoisotopic (exact) mass is 324 g/mol. The molecule has 0 atom stereocenters. The molecule has 1 aromatic carbocycles. The summed E-state index contributed by atoms with van der Waals surface area (Å²) in [6.07, 6.45) is 4.11. The van der Waals surface area contributed by atoms with Gasteiger partial charge in [-0.05, 0) is 25.0 Å². The first-order chi connectivity index (χ1) is 8.86. The number of thiazole rings is 1. The highest BCUT2D eigenvalue weighted by atomic mass is 79.9. The van der Waals surface area contributed by atoms with Gasteiger partial charge in [-0.25, -0.2) is 4.98 Å². The molecule has 2 aromatic rings. The predicted octanol–water partition coefficient (Wildman–Crippen LogP) is 4.05. The van der Waals surface area contributed by atoms with Gasteiger partial charge in [-0.2, -0.15) is 0 Å². The van der Waals surface area contributed by atoms with Gasteiger partial charge in [0.2, 0.25) is 0 Å². The Kier molecular flexibility index (Phi) is 3.97. The lowest BCUT2D eigenvalue weighted by atomic mass is 9.91. The number of aromatic nitrogens is 1. The quantitative estimate of drug-likeness (QED) is 0.771. The third-order valence-electron chi connectivity index (χ3n) is 3.64. The molecule has 1 aliphatic carbocycles. The van der Waals surface area contributed by atoms with E-state index in [-0.39, 0.29) is 0 Å². The molecule has 4 heteroatoms. The van der Waals surface area contributed by atoms with Gasteiger partial charge in [-0.1, -0.05) is 34.5 Å². The van der Waals surface area contributed by atoms with Gasteiger partial charge in [-0.3, -0.25) is 4.90 Å². The van der Waals surface area contributed by atoms with Gasteiger partial charge in [0.1, 0.15) is 5.01 Å². The Labute approximate surface area is 120 Å². The molecule has 1 aliphatic rings. The highest BCUT2D eigenvalue weighted by Crippen LogP contribution is 2.28. The van der Waals surface area contributed by atoms with Crippen LogP contribution in [0.25, 0.3) is 10.2 Å². The maximum Gasteiger partial charge on any atom is 0.108 e. The minimum absolute atomic E-state index is 0.787. The zero-order valence-electron chi connectivity index (χ0n) is 10.3. The lowest BCUT2D eigenvalue weighted by Crippen LogP contribution is -2.40. The van der Waals surface area contributed by atoms with Crippen LogP contribution in [0.3, 0.4) is 0 Å². The molecule has 1 aromatic heterocycles. The molecule has 0 unspecified atom stereocenters. The third-order valence-corrected chi connectivity index (χ3v) is 5.02. The molecule has 0 spiro atoms. The third kappa shape index (κ3) is 2.60. The van der Waals surface area contributed by atoms with Crippen molar-refractivity contribution in [3.8, 4) is 0 Å². The van der Waals surface area contributed by atoms with Gasteiger partial charge in [0.25, 0.3) is 0 Å². The Hall–Kier alpha value is -0.450. The number of halogens is 1. The van der Waals surface area contributed by atoms with Crippen LogP contribution < -0.4 is 0 Å². The largest absolute Gasteiger partial charge is 0.293 e. The summed E-state index contributed by atoms with van der Waals surface area (Å²) < 4.78 is 1.31. The summed E-state index contributed by atoms with van der Waals surface area (Å²) >= 11 is 5.40. The smallest absolute Gasteiger partial charge is 0.108 e. The lowest BCUT2D eigenvalue weighted by molar-refractivity contribution is 0.128. The van der Waals surface area contributed by atoms with E-state index in [9.17, 15) is 0 Å². The summed E-state index contributed by atoms with van der Waals surface area (Å²) in [5.41, 5.74) is 1.14. The SMILES string of the molecule is BrCCN(Cc1nc2ccccc2s1)C1CCC1. The van der Waals surface area contributed by atoms with E-state index in [1.165, 1.54) is 29.0 Å². The second kappa shape index (κ2) is 5.68. The number of alkyl halides is 1. The highest BCUT2D eigenvalue weighted by molar-refractivity contribution is 9.09. The van der Waals surface area contributed by atoms with Crippen molar-refractivity contribution in [2.45, 2.75) is 31.8 Å². The van der Waals surface area contributed by atoms with E-state index in [0.717, 1.165) is 30.0 Å². The molecule has 0 saturated heterocycles. The van der Waals surface area contributed by atoms with Crippen molar-refractivity contribution in [3.63, 3.8) is 0 Å².